The van der Waals surface area contributed by atoms with E-state index in [9.17, 15) is 0 Å². The molecule has 2 nitrogen and oxygen atoms in total. The predicted molar refractivity (Wildman–Crippen MR) is 72.3 cm³/mol. The number of aromatic nitrogens is 1. The number of halogens is 1. The van der Waals surface area contributed by atoms with Crippen LogP contribution in [-0.2, 0) is 5.75 Å². The molecule has 0 aliphatic heterocycles. The maximum Gasteiger partial charge on any atom is 0.103 e. The maximum atomic E-state index is 5.87. The highest BCUT2D eigenvalue weighted by molar-refractivity contribution is 7.98. The second-order valence-corrected chi connectivity index (χ2v) is 5.75. The smallest absolute Gasteiger partial charge is 0.103 e. The van der Waals surface area contributed by atoms with Crippen LogP contribution in [0.2, 0.25) is 5.02 Å². The molecule has 0 aliphatic rings. The van der Waals surface area contributed by atoms with Crippen molar-refractivity contribution in [2.75, 3.05) is 5.73 Å². The Kier molecular flexibility index (Phi) is 3.74. The zero-order valence-corrected chi connectivity index (χ0v) is 11.1. The first-order valence-corrected chi connectivity index (χ1v) is 6.98. The molecular formula is C11H11ClN2S2. The quantitative estimate of drug-likeness (QED) is 0.677. The highest BCUT2D eigenvalue weighted by Gasteiger charge is 2.03. The Hall–Kier alpha value is -0.710. The number of hydrogen-bond donors (Lipinski definition) is 1. The van der Waals surface area contributed by atoms with E-state index < -0.39 is 0 Å². The van der Waals surface area contributed by atoms with E-state index in [1.165, 1.54) is 0 Å². The van der Waals surface area contributed by atoms with Crippen LogP contribution < -0.4 is 5.73 Å². The van der Waals surface area contributed by atoms with Gasteiger partial charge in [-0.25, -0.2) is 4.98 Å². The summed E-state index contributed by atoms with van der Waals surface area (Å²) in [4.78, 5) is 5.46. The maximum absolute atomic E-state index is 5.87. The number of nitrogens with two attached hydrogens (primary N) is 1. The Morgan fingerprint density at radius 1 is 1.50 bits per heavy atom. The van der Waals surface area contributed by atoms with Crippen molar-refractivity contribution in [1.29, 1.82) is 0 Å². The van der Waals surface area contributed by atoms with Gasteiger partial charge in [0, 0.05) is 26.7 Å². The second kappa shape index (κ2) is 5.08. The van der Waals surface area contributed by atoms with Gasteiger partial charge in [0.1, 0.15) is 5.01 Å². The van der Waals surface area contributed by atoms with Gasteiger partial charge in [-0.15, -0.1) is 23.1 Å². The molecule has 2 rings (SSSR count). The van der Waals surface area contributed by atoms with E-state index in [-0.39, 0.29) is 0 Å². The number of rotatable bonds is 3. The molecule has 0 saturated heterocycles. The molecule has 0 unspecified atom stereocenters. The third-order valence-corrected chi connectivity index (χ3v) is 4.47. The van der Waals surface area contributed by atoms with Crippen LogP contribution in [0.15, 0.2) is 28.5 Å². The number of hydrogen-bond acceptors (Lipinski definition) is 4. The van der Waals surface area contributed by atoms with Gasteiger partial charge in [0.05, 0.1) is 5.75 Å². The van der Waals surface area contributed by atoms with Crippen LogP contribution in [0.3, 0.4) is 0 Å². The predicted octanol–water partition coefficient (Wildman–Crippen LogP) is 3.98. The Balaban J connectivity index is 2.04. The van der Waals surface area contributed by atoms with E-state index in [2.05, 4.69) is 10.4 Å². The van der Waals surface area contributed by atoms with E-state index in [0.717, 1.165) is 27.0 Å². The van der Waals surface area contributed by atoms with Crippen molar-refractivity contribution < 1.29 is 0 Å². The fourth-order valence-electron chi connectivity index (χ4n) is 1.26. The lowest BCUT2D eigenvalue weighted by molar-refractivity contribution is 1.18. The summed E-state index contributed by atoms with van der Waals surface area (Å²) < 4.78 is 0. The third kappa shape index (κ3) is 2.90. The summed E-state index contributed by atoms with van der Waals surface area (Å²) in [6, 6.07) is 5.58. The van der Waals surface area contributed by atoms with E-state index in [4.69, 9.17) is 17.3 Å². The molecule has 5 heteroatoms. The number of thioether (sulfide) groups is 1. The van der Waals surface area contributed by atoms with Crippen molar-refractivity contribution in [2.24, 2.45) is 0 Å². The molecule has 0 atom stereocenters. The first kappa shape index (κ1) is 11.8. The van der Waals surface area contributed by atoms with Gasteiger partial charge in [-0.2, -0.15) is 0 Å². The van der Waals surface area contributed by atoms with Crippen molar-refractivity contribution in [3.63, 3.8) is 0 Å². The first-order valence-electron chi connectivity index (χ1n) is 4.74. The molecule has 1 heterocycles. The molecule has 2 N–H and O–H groups in total. The van der Waals surface area contributed by atoms with Crippen molar-refractivity contribution in [2.45, 2.75) is 17.6 Å². The molecule has 0 bridgehead atoms. The molecule has 16 heavy (non-hydrogen) atoms. The molecule has 0 saturated carbocycles. The van der Waals surface area contributed by atoms with Crippen LogP contribution in [0.1, 0.15) is 10.7 Å². The average Bonchev–Trinajstić information content (AvgIpc) is 2.63. The minimum absolute atomic E-state index is 0.673. The summed E-state index contributed by atoms with van der Waals surface area (Å²) in [6.45, 7) is 2.00. The number of nitrogen functional groups attached to an aromatic ring is 1. The van der Waals surface area contributed by atoms with Crippen LogP contribution in [-0.4, -0.2) is 4.98 Å². The van der Waals surface area contributed by atoms with Crippen molar-refractivity contribution in [1.82, 2.24) is 4.98 Å². The van der Waals surface area contributed by atoms with E-state index >= 15 is 0 Å². The number of benzene rings is 1. The van der Waals surface area contributed by atoms with Gasteiger partial charge in [-0.1, -0.05) is 11.6 Å². The molecule has 1 aromatic carbocycles. The zero-order chi connectivity index (χ0) is 11.5. The van der Waals surface area contributed by atoms with Crippen LogP contribution in [0.5, 0.6) is 0 Å². The molecule has 2 aromatic rings. The first-order chi connectivity index (χ1) is 7.65. The van der Waals surface area contributed by atoms with Crippen molar-refractivity contribution in [3.05, 3.63) is 39.3 Å². The molecule has 0 spiro atoms. The lowest BCUT2D eigenvalue weighted by Gasteiger charge is -2.03. The molecule has 0 fully saturated rings. The average molecular weight is 271 g/mol. The monoisotopic (exact) mass is 270 g/mol. The van der Waals surface area contributed by atoms with Gasteiger partial charge in [-0.3, -0.25) is 0 Å². The molecule has 0 radical (unpaired) electrons. The molecule has 1 aromatic heterocycles. The fourth-order valence-corrected chi connectivity index (χ4v) is 3.18. The number of anilines is 1. The lowest BCUT2D eigenvalue weighted by Crippen LogP contribution is -1.88. The minimum Gasteiger partial charge on any atom is -0.398 e. The molecule has 84 valence electrons. The second-order valence-electron chi connectivity index (χ2n) is 3.35. The van der Waals surface area contributed by atoms with Gasteiger partial charge >= 0.3 is 0 Å². The van der Waals surface area contributed by atoms with Crippen LogP contribution in [0.25, 0.3) is 0 Å². The van der Waals surface area contributed by atoms with Crippen LogP contribution in [0.4, 0.5) is 5.69 Å². The van der Waals surface area contributed by atoms with E-state index in [0.29, 0.717) is 5.02 Å². The minimum atomic E-state index is 0.673. The standard InChI is InChI=1S/C11H11ClN2S2/c1-7-5-16-11(14-7)6-15-10-3-2-8(12)4-9(10)13/h2-5H,6,13H2,1H3. The van der Waals surface area contributed by atoms with Gasteiger partial charge < -0.3 is 5.73 Å². The topological polar surface area (TPSA) is 38.9 Å². The molecular weight excluding hydrogens is 260 g/mol. The Morgan fingerprint density at radius 2 is 2.31 bits per heavy atom. The van der Waals surface area contributed by atoms with Gasteiger partial charge in [-0.05, 0) is 25.1 Å². The Morgan fingerprint density at radius 3 is 2.94 bits per heavy atom. The summed E-state index contributed by atoms with van der Waals surface area (Å²) in [6.07, 6.45) is 0. The zero-order valence-electron chi connectivity index (χ0n) is 8.74. The number of thiazole rings is 1. The summed E-state index contributed by atoms with van der Waals surface area (Å²) >= 11 is 9.20. The van der Waals surface area contributed by atoms with Gasteiger partial charge in [0.15, 0.2) is 0 Å². The Labute approximate surface area is 108 Å². The SMILES string of the molecule is Cc1csc(CSc2ccc(Cl)cc2N)n1. The van der Waals surface area contributed by atoms with Crippen LogP contribution in [0, 0.1) is 6.92 Å². The van der Waals surface area contributed by atoms with Crippen molar-refractivity contribution in [3.8, 4) is 0 Å². The summed E-state index contributed by atoms with van der Waals surface area (Å²) in [7, 11) is 0. The Bertz CT molecular complexity index is 496. The largest absolute Gasteiger partial charge is 0.398 e. The number of nitrogens with zero attached hydrogens (tertiary/aromatic N) is 1. The number of aryl methyl sites for hydroxylation is 1. The summed E-state index contributed by atoms with van der Waals surface area (Å²) in [5, 5.41) is 3.85. The van der Waals surface area contributed by atoms with Crippen LogP contribution >= 0.6 is 34.7 Å². The van der Waals surface area contributed by atoms with Crippen molar-refractivity contribution >= 4 is 40.4 Å². The normalized spacial score (nSPS) is 10.6. The van der Waals surface area contributed by atoms with E-state index in [1.807, 2.05) is 19.1 Å². The summed E-state index contributed by atoms with van der Waals surface area (Å²) in [5.74, 6) is 0.852. The highest BCUT2D eigenvalue weighted by atomic mass is 35.5. The lowest BCUT2D eigenvalue weighted by atomic mass is 10.3. The van der Waals surface area contributed by atoms with Gasteiger partial charge in [0.2, 0.25) is 0 Å². The molecule has 0 aliphatic carbocycles. The third-order valence-electron chi connectivity index (χ3n) is 1.99. The highest BCUT2D eigenvalue weighted by Crippen LogP contribution is 2.30. The molecule has 0 amide bonds. The summed E-state index contributed by atoms with van der Waals surface area (Å²) in [5.41, 5.74) is 7.67. The van der Waals surface area contributed by atoms with Gasteiger partial charge in [0.25, 0.3) is 0 Å². The van der Waals surface area contributed by atoms with E-state index in [1.54, 1.807) is 29.2 Å². The fraction of sp³-hybridized carbons (Fsp3) is 0.182.